The van der Waals surface area contributed by atoms with Crippen molar-refractivity contribution in [1.82, 2.24) is 10.2 Å². The fourth-order valence-electron chi connectivity index (χ4n) is 5.32. The first-order valence-corrected chi connectivity index (χ1v) is 17.3. The highest BCUT2D eigenvalue weighted by Gasteiger charge is 2.35. The second kappa shape index (κ2) is 15.2. The molecule has 4 aromatic rings. The first-order valence-electron chi connectivity index (χ1n) is 15.8. The lowest BCUT2D eigenvalue weighted by molar-refractivity contribution is -0.140. The maximum atomic E-state index is 14.6. The van der Waals surface area contributed by atoms with Crippen molar-refractivity contribution >= 4 is 27.5 Å². The lowest BCUT2D eigenvalue weighted by Gasteiger charge is -2.34. The van der Waals surface area contributed by atoms with E-state index in [1.54, 1.807) is 36.4 Å². The zero-order valence-electron chi connectivity index (χ0n) is 27.0. The van der Waals surface area contributed by atoms with Crippen LogP contribution >= 0.6 is 0 Å². The Labute approximate surface area is 277 Å². The Balaban J connectivity index is 1.58. The molecule has 0 aromatic heterocycles. The van der Waals surface area contributed by atoms with Gasteiger partial charge in [-0.25, -0.2) is 8.42 Å². The summed E-state index contributed by atoms with van der Waals surface area (Å²) in [5.41, 5.74) is 2.99. The number of anilines is 1. The number of rotatable bonds is 13. The molecule has 1 aliphatic rings. The Kier molecular flexibility index (Phi) is 10.8. The minimum absolute atomic E-state index is 0.0307. The molecule has 0 unspecified atom stereocenters. The van der Waals surface area contributed by atoms with Gasteiger partial charge >= 0.3 is 0 Å². The minimum Gasteiger partial charge on any atom is -0.486 e. The Morgan fingerprint density at radius 1 is 0.830 bits per heavy atom. The van der Waals surface area contributed by atoms with E-state index < -0.39 is 28.5 Å². The number of nitrogens with zero attached hydrogens (tertiary/aromatic N) is 2. The fourth-order valence-corrected chi connectivity index (χ4v) is 6.75. The van der Waals surface area contributed by atoms with Crippen LogP contribution in [0.25, 0.3) is 0 Å². The van der Waals surface area contributed by atoms with Crippen molar-refractivity contribution in [2.45, 2.75) is 57.1 Å². The molecule has 1 aliphatic heterocycles. The summed E-state index contributed by atoms with van der Waals surface area (Å²) in [4.78, 5) is 30.1. The molecule has 0 spiro atoms. The van der Waals surface area contributed by atoms with E-state index in [-0.39, 0.29) is 35.5 Å². The molecule has 0 aliphatic carbocycles. The van der Waals surface area contributed by atoms with Crippen molar-refractivity contribution in [3.8, 4) is 11.5 Å². The highest BCUT2D eigenvalue weighted by atomic mass is 32.2. The maximum absolute atomic E-state index is 14.6. The Morgan fingerprint density at radius 2 is 1.47 bits per heavy atom. The van der Waals surface area contributed by atoms with Crippen LogP contribution in [0.4, 0.5) is 5.69 Å². The summed E-state index contributed by atoms with van der Waals surface area (Å²) < 4.78 is 41.0. The number of carbonyl (C=O) groups is 2. The van der Waals surface area contributed by atoms with Crippen LogP contribution in [-0.4, -0.2) is 57.0 Å². The third kappa shape index (κ3) is 8.31. The van der Waals surface area contributed by atoms with E-state index in [4.69, 9.17) is 9.47 Å². The normalized spacial score (nSPS) is 13.7. The van der Waals surface area contributed by atoms with Crippen LogP contribution in [-0.2, 0) is 32.6 Å². The molecule has 9 nitrogen and oxygen atoms in total. The molecule has 5 rings (SSSR count). The van der Waals surface area contributed by atoms with Crippen LogP contribution in [0.2, 0.25) is 0 Å². The zero-order valence-corrected chi connectivity index (χ0v) is 27.8. The topological polar surface area (TPSA) is 105 Å². The van der Waals surface area contributed by atoms with Crippen molar-refractivity contribution < 1.29 is 27.5 Å². The molecule has 0 bridgehead atoms. The maximum Gasteiger partial charge on any atom is 0.264 e. The monoisotopic (exact) mass is 655 g/mol. The van der Waals surface area contributed by atoms with Gasteiger partial charge in [0.15, 0.2) is 11.5 Å². The minimum atomic E-state index is -4.23. The molecule has 1 heterocycles. The van der Waals surface area contributed by atoms with Crippen LogP contribution in [0.15, 0.2) is 108 Å². The predicted molar refractivity (Wildman–Crippen MR) is 182 cm³/mol. The number of ether oxygens (including phenoxy) is 2. The lowest BCUT2D eigenvalue weighted by atomic mass is 10.0. The molecular weight excluding hydrogens is 614 g/mol. The number of nitrogens with one attached hydrogen (secondary N) is 1. The van der Waals surface area contributed by atoms with Crippen molar-refractivity contribution in [1.29, 1.82) is 0 Å². The van der Waals surface area contributed by atoms with Crippen molar-refractivity contribution in [2.24, 2.45) is 0 Å². The van der Waals surface area contributed by atoms with Gasteiger partial charge < -0.3 is 19.7 Å². The van der Waals surface area contributed by atoms with Crippen LogP contribution < -0.4 is 19.1 Å². The average Bonchev–Trinajstić information content (AvgIpc) is 3.09. The highest BCUT2D eigenvalue weighted by Crippen LogP contribution is 2.36. The number of hydrogen-bond acceptors (Lipinski definition) is 6. The number of amides is 2. The Bertz CT molecular complexity index is 1770. The fraction of sp³-hybridized carbons (Fsp3) is 0.297. The van der Waals surface area contributed by atoms with Crippen LogP contribution in [0.3, 0.4) is 0 Å². The quantitative estimate of drug-likeness (QED) is 0.204. The number of benzene rings is 4. The Hall–Kier alpha value is -4.83. The molecule has 10 heteroatoms. The smallest absolute Gasteiger partial charge is 0.264 e. The third-order valence-corrected chi connectivity index (χ3v) is 9.96. The first-order chi connectivity index (χ1) is 22.7. The van der Waals surface area contributed by atoms with Gasteiger partial charge in [0.05, 0.1) is 10.6 Å². The predicted octanol–water partition coefficient (Wildman–Crippen LogP) is 5.52. The van der Waals surface area contributed by atoms with Crippen molar-refractivity contribution in [3.05, 3.63) is 120 Å². The molecule has 1 N–H and O–H groups in total. The summed E-state index contributed by atoms with van der Waals surface area (Å²) in [5, 5.41) is 3.06. The molecule has 246 valence electrons. The largest absolute Gasteiger partial charge is 0.486 e. The van der Waals surface area contributed by atoms with Gasteiger partial charge in [-0.15, -0.1) is 0 Å². The molecular formula is C37H41N3O6S. The first kappa shape index (κ1) is 33.5. The number of fused-ring (bicyclic) bond motifs is 1. The van der Waals surface area contributed by atoms with Crippen molar-refractivity contribution in [2.75, 3.05) is 24.1 Å². The van der Waals surface area contributed by atoms with E-state index >= 15 is 0 Å². The standard InChI is InChI=1S/C37H41N3O6S/c1-4-28(3)38-37(42)33(23-29-11-7-5-8-12-29)39(25-30-17-15-27(2)16-18-30)36(41)26-40(47(43,44)32-13-9-6-10-14-32)31-19-20-34-35(24-31)46-22-21-45-34/h5-20,24,28,33H,4,21-23,25-26H2,1-3H3,(H,38,42)/t28-,33+/m0/s1. The molecule has 0 radical (unpaired) electrons. The van der Waals surface area contributed by atoms with Gasteiger partial charge in [-0.1, -0.05) is 85.3 Å². The lowest BCUT2D eigenvalue weighted by Crippen LogP contribution is -2.54. The average molecular weight is 656 g/mol. The molecule has 0 saturated heterocycles. The molecule has 2 amide bonds. The number of carbonyl (C=O) groups excluding carboxylic acids is 2. The summed E-state index contributed by atoms with van der Waals surface area (Å²) >= 11 is 0. The third-order valence-electron chi connectivity index (χ3n) is 8.17. The van der Waals surface area contributed by atoms with E-state index in [2.05, 4.69) is 5.32 Å². The van der Waals surface area contributed by atoms with Gasteiger partial charge in [-0.3, -0.25) is 13.9 Å². The van der Waals surface area contributed by atoms with Crippen LogP contribution in [0.5, 0.6) is 11.5 Å². The molecule has 0 saturated carbocycles. The zero-order chi connectivity index (χ0) is 33.4. The number of aryl methyl sites for hydroxylation is 1. The van der Waals surface area contributed by atoms with Gasteiger partial charge in [0, 0.05) is 25.1 Å². The van der Waals surface area contributed by atoms with Gasteiger partial charge in [-0.05, 0) is 55.7 Å². The molecule has 47 heavy (non-hydrogen) atoms. The highest BCUT2D eigenvalue weighted by molar-refractivity contribution is 7.92. The summed E-state index contributed by atoms with van der Waals surface area (Å²) in [7, 11) is -4.23. The summed E-state index contributed by atoms with van der Waals surface area (Å²) in [6, 6.07) is 29.0. The van der Waals surface area contributed by atoms with E-state index in [1.807, 2.05) is 75.4 Å². The van der Waals surface area contributed by atoms with Gasteiger partial charge in [-0.2, -0.15) is 0 Å². The second-order valence-electron chi connectivity index (χ2n) is 11.7. The van der Waals surface area contributed by atoms with Gasteiger partial charge in [0.25, 0.3) is 10.0 Å². The van der Waals surface area contributed by atoms with E-state index in [9.17, 15) is 18.0 Å². The number of hydrogen-bond donors (Lipinski definition) is 1. The van der Waals surface area contributed by atoms with Gasteiger partial charge in [0.1, 0.15) is 25.8 Å². The van der Waals surface area contributed by atoms with Crippen LogP contribution in [0.1, 0.15) is 37.0 Å². The molecule has 2 atom stereocenters. The summed E-state index contributed by atoms with van der Waals surface area (Å²) in [6.07, 6.45) is 0.957. The number of sulfonamides is 1. The summed E-state index contributed by atoms with van der Waals surface area (Å²) in [6.45, 7) is 6.12. The second-order valence-corrected chi connectivity index (χ2v) is 13.5. The van der Waals surface area contributed by atoms with E-state index in [0.29, 0.717) is 31.1 Å². The summed E-state index contributed by atoms with van der Waals surface area (Å²) in [5.74, 6) is 0.0514. The van der Waals surface area contributed by atoms with Gasteiger partial charge in [0.2, 0.25) is 11.8 Å². The van der Waals surface area contributed by atoms with E-state index in [0.717, 1.165) is 21.0 Å². The SMILES string of the molecule is CC[C@H](C)NC(=O)[C@@H](Cc1ccccc1)N(Cc1ccc(C)cc1)C(=O)CN(c1ccc2c(c1)OCCO2)S(=O)(=O)c1ccccc1. The van der Waals surface area contributed by atoms with E-state index in [1.165, 1.54) is 17.0 Å². The molecule has 4 aromatic carbocycles. The van der Waals surface area contributed by atoms with Crippen molar-refractivity contribution in [3.63, 3.8) is 0 Å². The van der Waals surface area contributed by atoms with Crippen LogP contribution in [0, 0.1) is 6.92 Å². The Morgan fingerprint density at radius 3 is 2.13 bits per heavy atom. The molecule has 0 fully saturated rings.